The van der Waals surface area contributed by atoms with Crippen molar-refractivity contribution in [1.29, 1.82) is 0 Å². The Kier molecular flexibility index (Phi) is 2.47. The van der Waals surface area contributed by atoms with Crippen molar-refractivity contribution < 1.29 is 14.3 Å². The largest absolute Gasteiger partial charge is 0.481 e. The van der Waals surface area contributed by atoms with Crippen LogP contribution in [0.1, 0.15) is 17.9 Å². The number of rotatable bonds is 2. The van der Waals surface area contributed by atoms with Gasteiger partial charge >= 0.3 is 5.97 Å². The van der Waals surface area contributed by atoms with E-state index in [1.807, 2.05) is 23.6 Å². The number of hydrogen-bond donors (Lipinski definition) is 1. The molecule has 1 N–H and O–H groups in total. The monoisotopic (exact) mass is 246 g/mol. The predicted octanol–water partition coefficient (Wildman–Crippen LogP) is 2.10. The summed E-state index contributed by atoms with van der Waals surface area (Å²) in [6.45, 7) is 2.59. The van der Waals surface area contributed by atoms with E-state index in [0.29, 0.717) is 25.1 Å². The Balaban J connectivity index is 1.99. The molecule has 0 aromatic carbocycles. The minimum atomic E-state index is -0.732. The Morgan fingerprint density at radius 1 is 1.56 bits per heavy atom. The van der Waals surface area contributed by atoms with Crippen LogP contribution in [0.2, 0.25) is 0 Å². The van der Waals surface area contributed by atoms with Crippen LogP contribution in [0.25, 0.3) is 11.5 Å². The second kappa shape index (κ2) is 4.01. The molecular formula is C13H14N2O3. The SMILES string of the molecule is Cc1ccc(-c2ncn3c2CC(C(=O)O)CC3)o1. The number of fused-ring (bicyclic) bond motifs is 1. The van der Waals surface area contributed by atoms with Gasteiger partial charge in [0.25, 0.3) is 0 Å². The van der Waals surface area contributed by atoms with Gasteiger partial charge < -0.3 is 14.1 Å². The second-order valence-electron chi connectivity index (χ2n) is 4.67. The van der Waals surface area contributed by atoms with Gasteiger partial charge in [0.15, 0.2) is 5.76 Å². The average molecular weight is 246 g/mol. The molecule has 1 unspecified atom stereocenters. The molecule has 5 nitrogen and oxygen atoms in total. The third-order valence-corrected chi connectivity index (χ3v) is 3.43. The molecule has 1 aliphatic rings. The van der Waals surface area contributed by atoms with Crippen LogP contribution in [0.4, 0.5) is 0 Å². The van der Waals surface area contributed by atoms with Crippen molar-refractivity contribution in [2.75, 3.05) is 0 Å². The normalized spacial score (nSPS) is 18.6. The van der Waals surface area contributed by atoms with Crippen LogP contribution in [0.5, 0.6) is 0 Å². The minimum absolute atomic E-state index is 0.316. The number of carbonyl (C=O) groups is 1. The molecule has 18 heavy (non-hydrogen) atoms. The van der Waals surface area contributed by atoms with E-state index in [9.17, 15) is 4.79 Å². The molecule has 0 radical (unpaired) electrons. The average Bonchev–Trinajstić information content (AvgIpc) is 2.93. The highest BCUT2D eigenvalue weighted by molar-refractivity contribution is 5.71. The number of carboxylic acids is 1. The number of imidazole rings is 1. The molecule has 0 fully saturated rings. The minimum Gasteiger partial charge on any atom is -0.481 e. The molecule has 0 bridgehead atoms. The van der Waals surface area contributed by atoms with Crippen LogP contribution in [-0.2, 0) is 17.8 Å². The number of aromatic nitrogens is 2. The van der Waals surface area contributed by atoms with Crippen LogP contribution in [0.15, 0.2) is 22.9 Å². The highest BCUT2D eigenvalue weighted by Gasteiger charge is 2.28. The fraction of sp³-hybridized carbons (Fsp3) is 0.385. The molecule has 0 aliphatic carbocycles. The van der Waals surface area contributed by atoms with Crippen molar-refractivity contribution in [1.82, 2.24) is 9.55 Å². The van der Waals surface area contributed by atoms with Gasteiger partial charge in [0.1, 0.15) is 11.5 Å². The number of nitrogens with zero attached hydrogens (tertiary/aromatic N) is 2. The van der Waals surface area contributed by atoms with E-state index in [1.54, 1.807) is 6.33 Å². The highest BCUT2D eigenvalue weighted by Crippen LogP contribution is 2.30. The van der Waals surface area contributed by atoms with E-state index >= 15 is 0 Å². The van der Waals surface area contributed by atoms with Crippen molar-refractivity contribution in [2.24, 2.45) is 5.92 Å². The van der Waals surface area contributed by atoms with Crippen LogP contribution >= 0.6 is 0 Å². The van der Waals surface area contributed by atoms with Crippen LogP contribution in [0, 0.1) is 12.8 Å². The lowest BCUT2D eigenvalue weighted by molar-refractivity contribution is -0.142. The third-order valence-electron chi connectivity index (χ3n) is 3.43. The topological polar surface area (TPSA) is 68.3 Å². The molecule has 0 saturated heterocycles. The van der Waals surface area contributed by atoms with Gasteiger partial charge in [-0.25, -0.2) is 4.98 Å². The summed E-state index contributed by atoms with van der Waals surface area (Å²) in [4.78, 5) is 15.4. The summed E-state index contributed by atoms with van der Waals surface area (Å²) in [5, 5.41) is 9.11. The molecule has 2 aromatic heterocycles. The first-order chi connectivity index (χ1) is 8.65. The number of aliphatic carboxylic acids is 1. The maximum absolute atomic E-state index is 11.1. The van der Waals surface area contributed by atoms with Crippen LogP contribution < -0.4 is 0 Å². The summed E-state index contributed by atoms with van der Waals surface area (Å²) in [6.07, 6.45) is 2.94. The van der Waals surface area contributed by atoms with Gasteiger partial charge in [0, 0.05) is 18.7 Å². The molecule has 0 amide bonds. The van der Waals surface area contributed by atoms with Crippen molar-refractivity contribution in [3.63, 3.8) is 0 Å². The fourth-order valence-corrected chi connectivity index (χ4v) is 2.42. The molecule has 3 heterocycles. The van der Waals surface area contributed by atoms with E-state index in [4.69, 9.17) is 9.52 Å². The van der Waals surface area contributed by atoms with Gasteiger partial charge in [0.2, 0.25) is 0 Å². The molecular weight excluding hydrogens is 232 g/mol. The zero-order valence-corrected chi connectivity index (χ0v) is 10.1. The second-order valence-corrected chi connectivity index (χ2v) is 4.67. The highest BCUT2D eigenvalue weighted by atomic mass is 16.4. The van der Waals surface area contributed by atoms with E-state index in [0.717, 1.165) is 17.1 Å². The zero-order valence-electron chi connectivity index (χ0n) is 10.1. The third kappa shape index (κ3) is 1.72. The van der Waals surface area contributed by atoms with Crippen molar-refractivity contribution in [2.45, 2.75) is 26.3 Å². The lowest BCUT2D eigenvalue weighted by atomic mass is 9.95. The maximum Gasteiger partial charge on any atom is 0.306 e. The molecule has 5 heteroatoms. The first-order valence-electron chi connectivity index (χ1n) is 5.99. The summed E-state index contributed by atoms with van der Waals surface area (Å²) in [5.41, 5.74) is 1.73. The Bertz CT molecular complexity index is 597. The lowest BCUT2D eigenvalue weighted by Gasteiger charge is -2.20. The smallest absolute Gasteiger partial charge is 0.306 e. The predicted molar refractivity (Wildman–Crippen MR) is 64.1 cm³/mol. The lowest BCUT2D eigenvalue weighted by Crippen LogP contribution is -2.25. The maximum atomic E-state index is 11.1. The van der Waals surface area contributed by atoms with E-state index < -0.39 is 5.97 Å². The molecule has 0 saturated carbocycles. The summed E-state index contributed by atoms with van der Waals surface area (Å²) in [6, 6.07) is 3.77. The van der Waals surface area contributed by atoms with Gasteiger partial charge in [0.05, 0.1) is 12.2 Å². The van der Waals surface area contributed by atoms with Gasteiger partial charge in [-0.1, -0.05) is 0 Å². The van der Waals surface area contributed by atoms with Crippen molar-refractivity contribution in [3.8, 4) is 11.5 Å². The Morgan fingerprint density at radius 2 is 2.39 bits per heavy atom. The van der Waals surface area contributed by atoms with Gasteiger partial charge in [-0.05, 0) is 25.5 Å². The molecule has 0 spiro atoms. The summed E-state index contributed by atoms with van der Waals surface area (Å²) >= 11 is 0. The van der Waals surface area contributed by atoms with Crippen molar-refractivity contribution in [3.05, 3.63) is 29.9 Å². The Labute approximate surface area is 104 Å². The van der Waals surface area contributed by atoms with E-state index in [1.165, 1.54) is 0 Å². The molecule has 3 rings (SSSR count). The first kappa shape index (κ1) is 11.1. The fourth-order valence-electron chi connectivity index (χ4n) is 2.42. The van der Waals surface area contributed by atoms with Gasteiger partial charge in [-0.15, -0.1) is 0 Å². The molecule has 94 valence electrons. The quantitative estimate of drug-likeness (QED) is 0.881. The summed E-state index contributed by atoms with van der Waals surface area (Å²) < 4.78 is 7.59. The number of hydrogen-bond acceptors (Lipinski definition) is 3. The molecule has 1 atom stereocenters. The number of aryl methyl sites for hydroxylation is 2. The van der Waals surface area contributed by atoms with Crippen LogP contribution in [0.3, 0.4) is 0 Å². The van der Waals surface area contributed by atoms with Crippen molar-refractivity contribution >= 4 is 5.97 Å². The Morgan fingerprint density at radius 3 is 3.06 bits per heavy atom. The van der Waals surface area contributed by atoms with E-state index in [2.05, 4.69) is 4.98 Å². The van der Waals surface area contributed by atoms with Crippen LogP contribution in [-0.4, -0.2) is 20.6 Å². The van der Waals surface area contributed by atoms with Gasteiger partial charge in [-0.2, -0.15) is 0 Å². The van der Waals surface area contributed by atoms with Gasteiger partial charge in [-0.3, -0.25) is 4.79 Å². The first-order valence-corrected chi connectivity index (χ1v) is 5.99. The molecule has 2 aromatic rings. The number of furan rings is 1. The summed E-state index contributed by atoms with van der Waals surface area (Å²) in [5.74, 6) is 0.498. The Hall–Kier alpha value is -2.04. The standard InChI is InChI=1S/C13H14N2O3/c1-8-2-3-11(18-8)12-10-6-9(13(16)17)4-5-15(10)7-14-12/h2-3,7,9H,4-6H2,1H3,(H,16,17). The zero-order chi connectivity index (χ0) is 12.7. The van der Waals surface area contributed by atoms with E-state index in [-0.39, 0.29) is 5.92 Å². The molecule has 1 aliphatic heterocycles. The summed E-state index contributed by atoms with van der Waals surface area (Å²) in [7, 11) is 0. The number of carboxylic acid groups (broad SMARTS) is 1.